The summed E-state index contributed by atoms with van der Waals surface area (Å²) in [5.74, 6) is -3.23. The maximum atomic E-state index is 13.7. The molecule has 2 unspecified atom stereocenters. The van der Waals surface area contributed by atoms with Crippen molar-refractivity contribution in [2.45, 2.75) is 13.0 Å². The molecule has 10 heteroatoms. The molecule has 1 aromatic heterocycles. The number of amides is 1. The first-order valence-corrected chi connectivity index (χ1v) is 13.0. The molecule has 39 heavy (non-hydrogen) atoms. The largest absolute Gasteiger partial charge is 0.465 e. The number of Topliss-reactive ketones (excluding diaryl/α,β-unsaturated/α-hetero) is 2. The minimum absolute atomic E-state index is 0.108. The van der Waals surface area contributed by atoms with Gasteiger partial charge < -0.3 is 9.47 Å². The zero-order valence-corrected chi connectivity index (χ0v) is 22.4. The summed E-state index contributed by atoms with van der Waals surface area (Å²) in [6, 6.07) is 21.0. The number of methoxy groups -OCH3 is 1. The van der Waals surface area contributed by atoms with Crippen LogP contribution in [0, 0.1) is 12.8 Å². The van der Waals surface area contributed by atoms with Crippen LogP contribution < -0.4 is 9.64 Å². The summed E-state index contributed by atoms with van der Waals surface area (Å²) in [6.45, 7) is 1.61. The topological polar surface area (TPSA) is 103 Å². The lowest BCUT2D eigenvalue weighted by Crippen LogP contribution is -2.30. The van der Waals surface area contributed by atoms with Gasteiger partial charge in [0.2, 0.25) is 5.78 Å². The third-order valence-electron chi connectivity index (χ3n) is 6.26. The van der Waals surface area contributed by atoms with Gasteiger partial charge in [-0.15, -0.1) is 0 Å². The molecule has 3 aromatic carbocycles. The SMILES string of the molecule is COC(=O)c1sc(N2C(=O)C(=O)C(C(=O)c3ccc(Cl)cc3)C2c2cccc(Oc3ccccc3)c2)nc1C. The zero-order valence-electron chi connectivity index (χ0n) is 20.8. The molecule has 0 radical (unpaired) electrons. The standard InChI is InChI=1S/C29H21ClN2O6S/c1-16-26(28(36)37-2)39-29(31-16)32-23(18-7-6-10-21(15-18)38-20-8-4-3-5-9-20)22(25(34)27(32)35)24(33)17-11-13-19(30)14-12-17/h3-15,22-23H,1-2H3. The van der Waals surface area contributed by atoms with E-state index in [1.807, 2.05) is 18.2 Å². The summed E-state index contributed by atoms with van der Waals surface area (Å²) in [6.07, 6.45) is 0. The van der Waals surface area contributed by atoms with Crippen LogP contribution in [0.15, 0.2) is 78.9 Å². The second-order valence-corrected chi connectivity index (χ2v) is 10.1. The number of aromatic nitrogens is 1. The Labute approximate surface area is 232 Å². The summed E-state index contributed by atoms with van der Waals surface area (Å²) in [5.41, 5.74) is 1.07. The van der Waals surface area contributed by atoms with Gasteiger partial charge in [-0.1, -0.05) is 53.3 Å². The second kappa shape index (κ2) is 10.8. The molecule has 1 amide bonds. The highest BCUT2D eigenvalue weighted by Crippen LogP contribution is 2.44. The van der Waals surface area contributed by atoms with Gasteiger partial charge in [0.05, 0.1) is 18.8 Å². The van der Waals surface area contributed by atoms with Crippen molar-refractivity contribution < 1.29 is 28.7 Å². The van der Waals surface area contributed by atoms with Gasteiger partial charge >= 0.3 is 5.97 Å². The first-order valence-electron chi connectivity index (χ1n) is 11.8. The quantitative estimate of drug-likeness (QED) is 0.121. The zero-order chi connectivity index (χ0) is 27.7. The normalized spacial score (nSPS) is 16.8. The number of benzene rings is 3. The van der Waals surface area contributed by atoms with E-state index in [9.17, 15) is 19.2 Å². The van der Waals surface area contributed by atoms with Crippen LogP contribution in [0.25, 0.3) is 0 Å². The Balaban J connectivity index is 1.62. The molecule has 2 atom stereocenters. The summed E-state index contributed by atoms with van der Waals surface area (Å²) >= 11 is 6.91. The lowest BCUT2D eigenvalue weighted by atomic mass is 9.86. The van der Waals surface area contributed by atoms with Gasteiger partial charge in [-0.3, -0.25) is 19.3 Å². The maximum absolute atomic E-state index is 13.7. The van der Waals surface area contributed by atoms with Crippen molar-refractivity contribution in [1.82, 2.24) is 4.98 Å². The number of hydrogen-bond donors (Lipinski definition) is 0. The predicted molar refractivity (Wildman–Crippen MR) is 146 cm³/mol. The second-order valence-electron chi connectivity index (χ2n) is 8.72. The van der Waals surface area contributed by atoms with Crippen LogP contribution in [0.4, 0.5) is 5.13 Å². The number of rotatable bonds is 7. The monoisotopic (exact) mass is 560 g/mol. The summed E-state index contributed by atoms with van der Waals surface area (Å²) in [7, 11) is 1.24. The number of aryl methyl sites for hydroxylation is 1. The third kappa shape index (κ3) is 5.06. The minimum atomic E-state index is -1.36. The number of carbonyl (C=O) groups excluding carboxylic acids is 4. The Morgan fingerprint density at radius 1 is 0.949 bits per heavy atom. The fraction of sp³-hybridized carbons (Fsp3) is 0.138. The van der Waals surface area contributed by atoms with Gasteiger partial charge in [-0.2, -0.15) is 0 Å². The highest BCUT2D eigenvalue weighted by atomic mass is 35.5. The van der Waals surface area contributed by atoms with Crippen molar-refractivity contribution in [1.29, 1.82) is 0 Å². The van der Waals surface area contributed by atoms with E-state index in [2.05, 4.69) is 4.98 Å². The van der Waals surface area contributed by atoms with Crippen LogP contribution in [0.2, 0.25) is 5.02 Å². The van der Waals surface area contributed by atoms with Crippen molar-refractivity contribution in [2.75, 3.05) is 12.0 Å². The molecule has 1 aliphatic heterocycles. The molecule has 5 rings (SSSR count). The Morgan fingerprint density at radius 3 is 2.33 bits per heavy atom. The maximum Gasteiger partial charge on any atom is 0.350 e. The highest BCUT2D eigenvalue weighted by Gasteiger charge is 2.53. The highest BCUT2D eigenvalue weighted by molar-refractivity contribution is 7.17. The number of thiazole rings is 1. The van der Waals surface area contributed by atoms with E-state index in [1.54, 1.807) is 55.5 Å². The molecule has 0 spiro atoms. The van der Waals surface area contributed by atoms with Crippen molar-refractivity contribution in [3.63, 3.8) is 0 Å². The Morgan fingerprint density at radius 2 is 1.64 bits per heavy atom. The Kier molecular flexibility index (Phi) is 7.28. The lowest BCUT2D eigenvalue weighted by Gasteiger charge is -2.25. The number of para-hydroxylation sites is 1. The molecule has 0 bridgehead atoms. The van der Waals surface area contributed by atoms with Crippen LogP contribution in [-0.4, -0.2) is 35.5 Å². The van der Waals surface area contributed by atoms with E-state index in [-0.39, 0.29) is 15.6 Å². The van der Waals surface area contributed by atoms with Gasteiger partial charge in [0, 0.05) is 10.6 Å². The van der Waals surface area contributed by atoms with Gasteiger partial charge in [-0.05, 0) is 61.0 Å². The molecule has 1 fully saturated rings. The molecule has 1 aliphatic rings. The number of esters is 1. The lowest BCUT2D eigenvalue weighted by molar-refractivity contribution is -0.135. The van der Waals surface area contributed by atoms with Crippen LogP contribution in [0.1, 0.15) is 37.3 Å². The average molecular weight is 561 g/mol. The van der Waals surface area contributed by atoms with Crippen LogP contribution in [0.3, 0.4) is 0 Å². The number of carbonyl (C=O) groups is 4. The van der Waals surface area contributed by atoms with Gasteiger partial charge in [0.15, 0.2) is 10.9 Å². The molecular weight excluding hydrogens is 540 g/mol. The molecule has 0 saturated carbocycles. The number of hydrogen-bond acceptors (Lipinski definition) is 8. The smallest absolute Gasteiger partial charge is 0.350 e. The number of anilines is 1. The van der Waals surface area contributed by atoms with Gasteiger partial charge in [0.1, 0.15) is 22.3 Å². The van der Waals surface area contributed by atoms with Crippen molar-refractivity contribution in [3.05, 3.63) is 106 Å². The number of nitrogens with zero attached hydrogens (tertiary/aromatic N) is 2. The molecule has 0 aliphatic carbocycles. The summed E-state index contributed by atoms with van der Waals surface area (Å²) < 4.78 is 10.8. The molecular formula is C29H21ClN2O6S. The van der Waals surface area contributed by atoms with Crippen molar-refractivity contribution >= 4 is 51.5 Å². The molecule has 4 aromatic rings. The molecule has 0 N–H and O–H groups in total. The summed E-state index contributed by atoms with van der Waals surface area (Å²) in [5, 5.41) is 0.537. The Hall–Kier alpha value is -4.34. The molecule has 2 heterocycles. The minimum Gasteiger partial charge on any atom is -0.465 e. The fourth-order valence-corrected chi connectivity index (χ4v) is 5.57. The fourth-order valence-electron chi connectivity index (χ4n) is 4.43. The molecule has 8 nitrogen and oxygen atoms in total. The van der Waals surface area contributed by atoms with Gasteiger partial charge in [-0.25, -0.2) is 9.78 Å². The number of ether oxygens (including phenoxy) is 2. The van der Waals surface area contributed by atoms with E-state index in [4.69, 9.17) is 21.1 Å². The van der Waals surface area contributed by atoms with E-state index < -0.39 is 35.4 Å². The average Bonchev–Trinajstić information content (AvgIpc) is 3.45. The first kappa shape index (κ1) is 26.3. The predicted octanol–water partition coefficient (Wildman–Crippen LogP) is 5.84. The van der Waals surface area contributed by atoms with Gasteiger partial charge in [0.25, 0.3) is 5.91 Å². The molecule has 196 valence electrons. The summed E-state index contributed by atoms with van der Waals surface area (Å²) in [4.78, 5) is 58.6. The van der Waals surface area contributed by atoms with Crippen LogP contribution in [-0.2, 0) is 14.3 Å². The van der Waals surface area contributed by atoms with E-state index in [1.165, 1.54) is 24.1 Å². The molecule has 1 saturated heterocycles. The third-order valence-corrected chi connectivity index (χ3v) is 7.65. The van der Waals surface area contributed by atoms with Crippen molar-refractivity contribution in [3.8, 4) is 11.5 Å². The number of halogens is 1. The van der Waals surface area contributed by atoms with Crippen LogP contribution >= 0.6 is 22.9 Å². The van der Waals surface area contributed by atoms with Crippen molar-refractivity contribution in [2.24, 2.45) is 5.92 Å². The first-order chi connectivity index (χ1) is 18.8. The van der Waals surface area contributed by atoms with Crippen LogP contribution in [0.5, 0.6) is 11.5 Å². The van der Waals surface area contributed by atoms with E-state index in [0.29, 0.717) is 27.8 Å². The number of ketones is 2. The van der Waals surface area contributed by atoms with E-state index >= 15 is 0 Å². The Bertz CT molecular complexity index is 1590. The van der Waals surface area contributed by atoms with E-state index in [0.717, 1.165) is 11.3 Å².